The Morgan fingerprint density at radius 1 is 1.33 bits per heavy atom. The van der Waals surface area contributed by atoms with E-state index in [0.717, 1.165) is 12.8 Å². The van der Waals surface area contributed by atoms with Crippen LogP contribution in [-0.4, -0.2) is 47.7 Å². The first-order valence-corrected chi connectivity index (χ1v) is 7.56. The SMILES string of the molecule is CN(CC(=O)NCC1CCCCC1CO)c1ncccn1. The first-order valence-electron chi connectivity index (χ1n) is 7.56. The fourth-order valence-corrected chi connectivity index (χ4v) is 2.87. The summed E-state index contributed by atoms with van der Waals surface area (Å²) in [6, 6.07) is 1.75. The maximum Gasteiger partial charge on any atom is 0.239 e. The maximum atomic E-state index is 12.0. The monoisotopic (exact) mass is 292 g/mol. The summed E-state index contributed by atoms with van der Waals surface area (Å²) in [4.78, 5) is 21.9. The maximum absolute atomic E-state index is 12.0. The van der Waals surface area contributed by atoms with Crippen LogP contribution in [0.5, 0.6) is 0 Å². The van der Waals surface area contributed by atoms with E-state index >= 15 is 0 Å². The second kappa shape index (κ2) is 7.93. The third-order valence-electron chi connectivity index (χ3n) is 4.14. The highest BCUT2D eigenvalue weighted by Gasteiger charge is 2.24. The van der Waals surface area contributed by atoms with Gasteiger partial charge in [-0.05, 0) is 30.7 Å². The van der Waals surface area contributed by atoms with Gasteiger partial charge in [0.05, 0.1) is 6.54 Å². The van der Waals surface area contributed by atoms with Gasteiger partial charge in [-0.15, -0.1) is 0 Å². The number of carbonyl (C=O) groups is 1. The zero-order valence-corrected chi connectivity index (χ0v) is 12.5. The molecule has 1 aliphatic carbocycles. The molecule has 21 heavy (non-hydrogen) atoms. The number of aromatic nitrogens is 2. The predicted molar refractivity (Wildman–Crippen MR) is 80.8 cm³/mol. The molecule has 1 amide bonds. The molecule has 1 aromatic rings. The van der Waals surface area contributed by atoms with Crippen molar-refractivity contribution in [2.45, 2.75) is 25.7 Å². The number of hydrogen-bond donors (Lipinski definition) is 2. The average molecular weight is 292 g/mol. The molecule has 1 fully saturated rings. The van der Waals surface area contributed by atoms with Crippen LogP contribution in [-0.2, 0) is 4.79 Å². The summed E-state index contributed by atoms with van der Waals surface area (Å²) < 4.78 is 0. The molecule has 1 heterocycles. The molecule has 0 saturated heterocycles. The number of aliphatic hydroxyl groups excluding tert-OH is 1. The standard InChI is InChI=1S/C15H24N4O2/c1-19(15-16-7-4-8-17-15)10-14(21)18-9-12-5-2-3-6-13(12)11-20/h4,7-8,12-13,20H,2-3,5-6,9-11H2,1H3,(H,18,21). The van der Waals surface area contributed by atoms with Crippen LogP contribution in [0.15, 0.2) is 18.5 Å². The van der Waals surface area contributed by atoms with Crippen molar-refractivity contribution in [2.24, 2.45) is 11.8 Å². The molecule has 6 heteroatoms. The highest BCUT2D eigenvalue weighted by molar-refractivity contribution is 5.80. The highest BCUT2D eigenvalue weighted by Crippen LogP contribution is 2.28. The van der Waals surface area contributed by atoms with E-state index in [-0.39, 0.29) is 19.1 Å². The van der Waals surface area contributed by atoms with Gasteiger partial charge in [-0.1, -0.05) is 12.8 Å². The van der Waals surface area contributed by atoms with Gasteiger partial charge in [-0.25, -0.2) is 9.97 Å². The number of aliphatic hydroxyl groups is 1. The van der Waals surface area contributed by atoms with E-state index in [0.29, 0.717) is 24.3 Å². The Morgan fingerprint density at radius 3 is 2.67 bits per heavy atom. The van der Waals surface area contributed by atoms with E-state index < -0.39 is 0 Å². The zero-order chi connectivity index (χ0) is 15.1. The summed E-state index contributed by atoms with van der Waals surface area (Å²) in [7, 11) is 1.80. The zero-order valence-electron chi connectivity index (χ0n) is 12.5. The fourth-order valence-electron chi connectivity index (χ4n) is 2.87. The number of nitrogens with zero attached hydrogens (tertiary/aromatic N) is 3. The van der Waals surface area contributed by atoms with Gasteiger partial charge in [0.15, 0.2) is 0 Å². The van der Waals surface area contributed by atoms with Gasteiger partial charge < -0.3 is 15.3 Å². The lowest BCUT2D eigenvalue weighted by Crippen LogP contribution is -2.40. The topological polar surface area (TPSA) is 78.4 Å². The van der Waals surface area contributed by atoms with Crippen molar-refractivity contribution in [3.05, 3.63) is 18.5 Å². The van der Waals surface area contributed by atoms with Gasteiger partial charge >= 0.3 is 0 Å². The minimum Gasteiger partial charge on any atom is -0.396 e. The Balaban J connectivity index is 1.76. The second-order valence-corrected chi connectivity index (χ2v) is 5.70. The molecule has 0 spiro atoms. The van der Waals surface area contributed by atoms with Crippen LogP contribution >= 0.6 is 0 Å². The van der Waals surface area contributed by atoms with Crippen LogP contribution in [0, 0.1) is 11.8 Å². The summed E-state index contributed by atoms with van der Waals surface area (Å²) in [6.07, 6.45) is 7.84. The predicted octanol–water partition coefficient (Wildman–Crippen LogP) is 0.828. The molecule has 116 valence electrons. The molecule has 1 saturated carbocycles. The second-order valence-electron chi connectivity index (χ2n) is 5.70. The van der Waals surface area contributed by atoms with Crippen molar-refractivity contribution in [1.29, 1.82) is 0 Å². The lowest BCUT2D eigenvalue weighted by Gasteiger charge is -2.30. The van der Waals surface area contributed by atoms with E-state index in [4.69, 9.17) is 0 Å². The van der Waals surface area contributed by atoms with Crippen molar-refractivity contribution < 1.29 is 9.90 Å². The first-order chi connectivity index (χ1) is 10.2. The fraction of sp³-hybridized carbons (Fsp3) is 0.667. The Bertz CT molecular complexity index is 441. The Morgan fingerprint density at radius 2 is 2.00 bits per heavy atom. The highest BCUT2D eigenvalue weighted by atomic mass is 16.3. The van der Waals surface area contributed by atoms with Crippen LogP contribution in [0.3, 0.4) is 0 Å². The van der Waals surface area contributed by atoms with Crippen molar-refractivity contribution in [3.8, 4) is 0 Å². The normalized spacial score (nSPS) is 21.8. The molecule has 2 unspecified atom stereocenters. The lowest BCUT2D eigenvalue weighted by molar-refractivity contribution is -0.120. The number of carbonyl (C=O) groups excluding carboxylic acids is 1. The summed E-state index contributed by atoms with van der Waals surface area (Å²) in [5, 5.41) is 12.4. The van der Waals surface area contributed by atoms with E-state index in [1.165, 1.54) is 12.8 Å². The third-order valence-corrected chi connectivity index (χ3v) is 4.14. The molecular weight excluding hydrogens is 268 g/mol. The van der Waals surface area contributed by atoms with Crippen molar-refractivity contribution in [3.63, 3.8) is 0 Å². The quantitative estimate of drug-likeness (QED) is 0.812. The third kappa shape index (κ3) is 4.67. The Kier molecular flexibility index (Phi) is 5.92. The smallest absolute Gasteiger partial charge is 0.239 e. The molecule has 6 nitrogen and oxygen atoms in total. The van der Waals surface area contributed by atoms with Crippen LogP contribution in [0.25, 0.3) is 0 Å². The average Bonchev–Trinajstić information content (AvgIpc) is 2.54. The van der Waals surface area contributed by atoms with Crippen molar-refractivity contribution in [1.82, 2.24) is 15.3 Å². The Labute approximate surface area is 125 Å². The van der Waals surface area contributed by atoms with E-state index in [1.54, 1.807) is 30.4 Å². The molecule has 1 aromatic heterocycles. The van der Waals surface area contributed by atoms with Gasteiger partial charge in [0.25, 0.3) is 0 Å². The van der Waals surface area contributed by atoms with Gasteiger partial charge in [0.1, 0.15) is 0 Å². The Hall–Kier alpha value is -1.69. The molecular formula is C15H24N4O2. The van der Waals surface area contributed by atoms with Crippen LogP contribution in [0.1, 0.15) is 25.7 Å². The largest absolute Gasteiger partial charge is 0.396 e. The number of hydrogen-bond acceptors (Lipinski definition) is 5. The number of rotatable bonds is 6. The molecule has 0 aliphatic heterocycles. The van der Waals surface area contributed by atoms with Crippen molar-refractivity contribution in [2.75, 3.05) is 31.6 Å². The van der Waals surface area contributed by atoms with Crippen LogP contribution < -0.4 is 10.2 Å². The molecule has 0 aromatic carbocycles. The van der Waals surface area contributed by atoms with Gasteiger partial charge in [0, 0.05) is 32.6 Å². The minimum atomic E-state index is -0.0350. The minimum absolute atomic E-state index is 0.0350. The molecule has 2 rings (SSSR count). The van der Waals surface area contributed by atoms with Gasteiger partial charge in [0.2, 0.25) is 11.9 Å². The summed E-state index contributed by atoms with van der Waals surface area (Å²) in [6.45, 7) is 1.10. The molecule has 2 N–H and O–H groups in total. The van der Waals surface area contributed by atoms with E-state index in [1.807, 2.05) is 0 Å². The number of anilines is 1. The molecule has 1 aliphatic rings. The van der Waals surface area contributed by atoms with Gasteiger partial charge in [-0.2, -0.15) is 0 Å². The van der Waals surface area contributed by atoms with Crippen molar-refractivity contribution >= 4 is 11.9 Å². The molecule has 0 bridgehead atoms. The first kappa shape index (κ1) is 15.7. The summed E-state index contributed by atoms with van der Waals surface area (Å²) in [5.74, 6) is 1.23. The molecule has 2 atom stereocenters. The van der Waals surface area contributed by atoms with Crippen LogP contribution in [0.4, 0.5) is 5.95 Å². The van der Waals surface area contributed by atoms with Gasteiger partial charge in [-0.3, -0.25) is 4.79 Å². The number of likely N-dealkylation sites (N-methyl/N-ethyl adjacent to an activating group) is 1. The van der Waals surface area contributed by atoms with E-state index in [9.17, 15) is 9.90 Å². The lowest BCUT2D eigenvalue weighted by atomic mass is 9.79. The summed E-state index contributed by atoms with van der Waals surface area (Å²) >= 11 is 0. The van der Waals surface area contributed by atoms with E-state index in [2.05, 4.69) is 15.3 Å². The number of amides is 1. The molecule has 0 radical (unpaired) electrons. The number of nitrogens with one attached hydrogen (secondary N) is 1. The van der Waals surface area contributed by atoms with Crippen LogP contribution in [0.2, 0.25) is 0 Å². The summed E-state index contributed by atoms with van der Waals surface area (Å²) in [5.41, 5.74) is 0.